The molecule has 2 aliphatic rings. The second kappa shape index (κ2) is 6.12. The minimum atomic E-state index is -0.875. The average Bonchev–Trinajstić information content (AvgIpc) is 3.05. The second-order valence-corrected chi connectivity index (χ2v) is 8.09. The van der Waals surface area contributed by atoms with Crippen molar-refractivity contribution in [3.8, 4) is 0 Å². The van der Waals surface area contributed by atoms with Crippen LogP contribution < -0.4 is 5.32 Å². The van der Waals surface area contributed by atoms with Gasteiger partial charge in [-0.05, 0) is 30.6 Å². The van der Waals surface area contributed by atoms with E-state index in [9.17, 15) is 13.6 Å². The molecule has 5 rings (SSSR count). The number of hydrogen-bond donors (Lipinski definition) is 1. The van der Waals surface area contributed by atoms with Crippen molar-refractivity contribution < 1.29 is 13.6 Å². The van der Waals surface area contributed by atoms with Crippen molar-refractivity contribution >= 4 is 22.8 Å². The summed E-state index contributed by atoms with van der Waals surface area (Å²) in [4.78, 5) is 16.8. The lowest BCUT2D eigenvalue weighted by molar-refractivity contribution is -0.120. The highest BCUT2D eigenvalue weighted by atomic mass is 19.2. The number of nitrogens with zero attached hydrogens (tertiary/aromatic N) is 4. The van der Waals surface area contributed by atoms with Gasteiger partial charge in [0.15, 0.2) is 17.5 Å². The van der Waals surface area contributed by atoms with Gasteiger partial charge in [-0.25, -0.2) is 13.8 Å². The van der Waals surface area contributed by atoms with Gasteiger partial charge in [0.1, 0.15) is 0 Å². The van der Waals surface area contributed by atoms with E-state index < -0.39 is 11.6 Å². The van der Waals surface area contributed by atoms with Gasteiger partial charge in [-0.2, -0.15) is 5.10 Å². The van der Waals surface area contributed by atoms with Crippen molar-refractivity contribution in [2.24, 2.45) is 30.7 Å². The van der Waals surface area contributed by atoms with Crippen LogP contribution in [0.2, 0.25) is 0 Å². The van der Waals surface area contributed by atoms with E-state index >= 15 is 0 Å². The lowest BCUT2D eigenvalue weighted by Crippen LogP contribution is -2.24. The van der Waals surface area contributed by atoms with Crippen LogP contribution in [0.5, 0.6) is 0 Å². The molecule has 0 aliphatic heterocycles. The zero-order chi connectivity index (χ0) is 19.6. The Morgan fingerprint density at radius 2 is 1.96 bits per heavy atom. The molecule has 1 amide bonds. The van der Waals surface area contributed by atoms with Crippen molar-refractivity contribution in [3.63, 3.8) is 0 Å². The number of nitrogens with one attached hydrogen (secondary N) is 1. The average molecular weight is 385 g/mol. The summed E-state index contributed by atoms with van der Waals surface area (Å²) in [5, 5.41) is 7.07. The number of anilines is 1. The Kier molecular flexibility index (Phi) is 3.79. The van der Waals surface area contributed by atoms with Crippen molar-refractivity contribution in [1.82, 2.24) is 19.3 Å². The zero-order valence-corrected chi connectivity index (χ0v) is 15.6. The molecule has 2 aromatic heterocycles. The van der Waals surface area contributed by atoms with Crippen LogP contribution in [0.15, 0.2) is 30.7 Å². The number of carbonyl (C=O) groups is 1. The molecule has 0 saturated heterocycles. The summed E-state index contributed by atoms with van der Waals surface area (Å²) < 4.78 is 30.7. The van der Waals surface area contributed by atoms with Gasteiger partial charge in [0, 0.05) is 43.4 Å². The summed E-state index contributed by atoms with van der Waals surface area (Å²) in [7, 11) is 1.81. The Bertz CT molecular complexity index is 1060. The van der Waals surface area contributed by atoms with Crippen LogP contribution in [0.4, 0.5) is 14.6 Å². The van der Waals surface area contributed by atoms with Crippen LogP contribution >= 0.6 is 0 Å². The first-order chi connectivity index (χ1) is 13.4. The summed E-state index contributed by atoms with van der Waals surface area (Å²) in [6, 6.07) is 4.36. The fourth-order valence-corrected chi connectivity index (χ4v) is 5.04. The third-order valence-corrected chi connectivity index (χ3v) is 6.45. The van der Waals surface area contributed by atoms with Crippen LogP contribution in [-0.2, 0) is 11.8 Å². The van der Waals surface area contributed by atoms with Gasteiger partial charge in [-0.3, -0.25) is 9.48 Å². The Balaban J connectivity index is 1.26. The van der Waals surface area contributed by atoms with Crippen molar-refractivity contribution in [3.05, 3.63) is 42.4 Å². The van der Waals surface area contributed by atoms with Crippen LogP contribution in [0.3, 0.4) is 0 Å². The molecule has 5 atom stereocenters. The van der Waals surface area contributed by atoms with E-state index in [0.29, 0.717) is 34.6 Å². The summed E-state index contributed by atoms with van der Waals surface area (Å²) in [5.74, 6) is 0.0970. The molecular formula is C20H21F2N5O. The van der Waals surface area contributed by atoms with Gasteiger partial charge < -0.3 is 9.88 Å². The standard InChI is InChI=1S/C20H21F2N5O/c1-10(20(28)24-18-3-4-26(2)25-18)19-12-5-11(6-13(12)19)27-9-23-16-7-14(21)15(22)8-17(16)27/h3-4,7-13,19H,5-6H2,1-2H3,(H,24,25,28)/t10?,11?,12-,13+,19?. The van der Waals surface area contributed by atoms with E-state index in [1.165, 1.54) is 6.07 Å². The zero-order valence-electron chi connectivity index (χ0n) is 15.6. The Hall–Kier alpha value is -2.77. The maximum absolute atomic E-state index is 13.6. The first kappa shape index (κ1) is 17.3. The summed E-state index contributed by atoms with van der Waals surface area (Å²) >= 11 is 0. The number of rotatable bonds is 4. The molecular weight excluding hydrogens is 364 g/mol. The summed E-state index contributed by atoms with van der Waals surface area (Å²) in [6.07, 6.45) is 5.33. The lowest BCUT2D eigenvalue weighted by Gasteiger charge is -2.19. The van der Waals surface area contributed by atoms with E-state index in [-0.39, 0.29) is 17.9 Å². The third-order valence-electron chi connectivity index (χ3n) is 6.45. The lowest BCUT2D eigenvalue weighted by atomic mass is 9.96. The van der Waals surface area contributed by atoms with Crippen LogP contribution in [0.1, 0.15) is 25.8 Å². The number of aromatic nitrogens is 4. The number of amides is 1. The van der Waals surface area contributed by atoms with Crippen LogP contribution in [0.25, 0.3) is 11.0 Å². The van der Waals surface area contributed by atoms with Gasteiger partial charge in [0.05, 0.1) is 17.4 Å². The number of carbonyl (C=O) groups excluding carboxylic acids is 1. The van der Waals surface area contributed by atoms with Gasteiger partial charge in [-0.1, -0.05) is 6.92 Å². The number of imidazole rings is 1. The fraction of sp³-hybridized carbons (Fsp3) is 0.450. The van der Waals surface area contributed by atoms with E-state index in [2.05, 4.69) is 15.4 Å². The highest BCUT2D eigenvalue weighted by Gasteiger charge is 2.59. The van der Waals surface area contributed by atoms with Gasteiger partial charge in [0.25, 0.3) is 0 Å². The van der Waals surface area contributed by atoms with E-state index in [0.717, 1.165) is 18.9 Å². The first-order valence-electron chi connectivity index (χ1n) is 9.54. The molecule has 3 unspecified atom stereocenters. The second-order valence-electron chi connectivity index (χ2n) is 8.09. The molecule has 1 aromatic carbocycles. The SMILES string of the molecule is CC(C(=O)Nc1ccn(C)n1)C1[C@H]2CC(n3cnc4cc(F)c(F)cc43)C[C@@H]12. The molecule has 146 valence electrons. The molecule has 2 fully saturated rings. The van der Waals surface area contributed by atoms with Crippen molar-refractivity contribution in [2.75, 3.05) is 5.32 Å². The number of aryl methyl sites for hydroxylation is 1. The molecule has 1 N–H and O–H groups in total. The molecule has 6 nitrogen and oxygen atoms in total. The minimum absolute atomic E-state index is 0.000256. The maximum atomic E-state index is 13.6. The monoisotopic (exact) mass is 385 g/mol. The normalized spacial score (nSPS) is 27.0. The number of fused-ring (bicyclic) bond motifs is 2. The molecule has 8 heteroatoms. The largest absolute Gasteiger partial charge is 0.327 e. The van der Waals surface area contributed by atoms with Crippen LogP contribution in [0, 0.1) is 35.3 Å². The Morgan fingerprint density at radius 1 is 1.25 bits per heavy atom. The predicted molar refractivity (Wildman–Crippen MR) is 99.4 cm³/mol. The molecule has 0 bridgehead atoms. The number of benzene rings is 1. The molecule has 28 heavy (non-hydrogen) atoms. The number of hydrogen-bond acceptors (Lipinski definition) is 3. The molecule has 2 aliphatic carbocycles. The van der Waals surface area contributed by atoms with Crippen molar-refractivity contribution in [1.29, 1.82) is 0 Å². The van der Waals surface area contributed by atoms with E-state index in [1.54, 1.807) is 23.3 Å². The quantitative estimate of drug-likeness (QED) is 0.747. The maximum Gasteiger partial charge on any atom is 0.228 e. The summed E-state index contributed by atoms with van der Waals surface area (Å²) in [6.45, 7) is 1.97. The molecule has 0 spiro atoms. The molecule has 2 saturated carbocycles. The topological polar surface area (TPSA) is 64.7 Å². The van der Waals surface area contributed by atoms with Gasteiger partial charge >= 0.3 is 0 Å². The van der Waals surface area contributed by atoms with E-state index in [4.69, 9.17) is 0 Å². The molecule has 0 radical (unpaired) electrons. The van der Waals surface area contributed by atoms with Crippen molar-refractivity contribution in [2.45, 2.75) is 25.8 Å². The van der Waals surface area contributed by atoms with Gasteiger partial charge in [0.2, 0.25) is 5.91 Å². The smallest absolute Gasteiger partial charge is 0.228 e. The highest BCUT2D eigenvalue weighted by Crippen LogP contribution is 2.64. The predicted octanol–water partition coefficient (Wildman–Crippen LogP) is 3.52. The van der Waals surface area contributed by atoms with Gasteiger partial charge in [-0.15, -0.1) is 0 Å². The molecule has 3 aromatic rings. The summed E-state index contributed by atoms with van der Waals surface area (Å²) in [5.41, 5.74) is 1.10. The van der Waals surface area contributed by atoms with Crippen LogP contribution in [-0.4, -0.2) is 25.2 Å². The fourth-order valence-electron chi connectivity index (χ4n) is 5.04. The Labute approximate surface area is 160 Å². The first-order valence-corrected chi connectivity index (χ1v) is 9.54. The number of halogens is 2. The Morgan fingerprint density at radius 3 is 2.64 bits per heavy atom. The molecule has 2 heterocycles. The third kappa shape index (κ3) is 2.70. The van der Waals surface area contributed by atoms with E-state index in [1.807, 2.05) is 18.5 Å². The minimum Gasteiger partial charge on any atom is -0.327 e. The highest BCUT2D eigenvalue weighted by molar-refractivity contribution is 5.91.